The normalized spacial score (nSPS) is 9.12. The molecule has 0 aliphatic heterocycles. The van der Waals surface area contributed by atoms with E-state index < -0.39 is 0 Å². The minimum atomic E-state index is 0.959. The van der Waals surface area contributed by atoms with E-state index in [0.29, 0.717) is 0 Å². The number of benzene rings is 2. The Morgan fingerprint density at radius 2 is 1.31 bits per heavy atom. The van der Waals surface area contributed by atoms with E-state index in [0.717, 1.165) is 6.54 Å². The average molecular weight is 213 g/mol. The van der Waals surface area contributed by atoms with Gasteiger partial charge < -0.3 is 5.32 Å². The Kier molecular flexibility index (Phi) is 5.97. The van der Waals surface area contributed by atoms with Crippen molar-refractivity contribution in [2.45, 2.75) is 13.5 Å². The fourth-order valence-electron chi connectivity index (χ4n) is 1.33. The van der Waals surface area contributed by atoms with Crippen molar-refractivity contribution in [1.29, 1.82) is 0 Å². The molecule has 2 rings (SSSR count). The van der Waals surface area contributed by atoms with Crippen LogP contribution in [0.1, 0.15) is 11.1 Å². The van der Waals surface area contributed by atoms with Gasteiger partial charge in [0.15, 0.2) is 0 Å². The van der Waals surface area contributed by atoms with Gasteiger partial charge in [-0.3, -0.25) is 0 Å². The maximum absolute atomic E-state index is 3.08. The van der Waals surface area contributed by atoms with Gasteiger partial charge in [0.1, 0.15) is 0 Å². The number of hydrogen-bond donors (Lipinski definition) is 1. The number of rotatable bonds is 2. The Morgan fingerprint density at radius 3 is 1.69 bits per heavy atom. The Bertz CT molecular complexity index is 367. The van der Waals surface area contributed by atoms with Gasteiger partial charge >= 0.3 is 0 Å². The van der Waals surface area contributed by atoms with E-state index in [9.17, 15) is 0 Å². The summed E-state index contributed by atoms with van der Waals surface area (Å²) in [5, 5.41) is 3.08. The van der Waals surface area contributed by atoms with Crippen molar-refractivity contribution in [3.8, 4) is 0 Å². The summed E-state index contributed by atoms with van der Waals surface area (Å²) < 4.78 is 0. The van der Waals surface area contributed by atoms with Crippen LogP contribution in [0, 0.1) is 6.92 Å². The average Bonchev–Trinajstić information content (AvgIpc) is 2.33. The first-order valence-electron chi connectivity index (χ1n) is 5.53. The zero-order chi connectivity index (χ0) is 11.6. The highest BCUT2D eigenvalue weighted by Gasteiger charge is 1.83. The largest absolute Gasteiger partial charge is 0.316 e. The van der Waals surface area contributed by atoms with Crippen molar-refractivity contribution in [1.82, 2.24) is 5.32 Å². The molecule has 0 spiro atoms. The van der Waals surface area contributed by atoms with Crippen LogP contribution in [-0.2, 0) is 6.54 Å². The van der Waals surface area contributed by atoms with Crippen molar-refractivity contribution < 1.29 is 0 Å². The van der Waals surface area contributed by atoms with Crippen molar-refractivity contribution in [3.05, 3.63) is 71.8 Å². The second-order valence-electron chi connectivity index (χ2n) is 3.67. The topological polar surface area (TPSA) is 12.0 Å². The first-order valence-corrected chi connectivity index (χ1v) is 5.53. The highest BCUT2D eigenvalue weighted by Crippen LogP contribution is 1.95. The Morgan fingerprint density at radius 1 is 0.812 bits per heavy atom. The van der Waals surface area contributed by atoms with E-state index in [1.54, 1.807) is 0 Å². The van der Waals surface area contributed by atoms with Crippen LogP contribution in [0.15, 0.2) is 60.7 Å². The Balaban J connectivity index is 0.000000165. The van der Waals surface area contributed by atoms with Gasteiger partial charge in [-0.25, -0.2) is 0 Å². The third-order valence-corrected chi connectivity index (χ3v) is 2.16. The quantitative estimate of drug-likeness (QED) is 0.806. The van der Waals surface area contributed by atoms with Gasteiger partial charge in [0.05, 0.1) is 0 Å². The lowest BCUT2D eigenvalue weighted by Crippen LogP contribution is -2.04. The molecule has 1 heteroatoms. The van der Waals surface area contributed by atoms with Gasteiger partial charge in [-0.1, -0.05) is 66.2 Å². The molecule has 0 aromatic heterocycles. The highest BCUT2D eigenvalue weighted by molar-refractivity contribution is 5.14. The Labute approximate surface area is 98.1 Å². The lowest BCUT2D eigenvalue weighted by molar-refractivity contribution is 0.818. The molecule has 0 unspecified atom stereocenters. The number of hydrogen-bond acceptors (Lipinski definition) is 1. The standard InChI is InChI=1S/C8H11N.C7H8/c1-9-7-8-5-3-2-4-6-8;1-7-5-3-2-4-6-7/h2-6,9H,7H2,1H3;2-6H,1H3. The van der Waals surface area contributed by atoms with E-state index in [1.807, 2.05) is 43.4 Å². The number of aryl methyl sites for hydroxylation is 1. The zero-order valence-electron chi connectivity index (χ0n) is 9.98. The van der Waals surface area contributed by atoms with E-state index >= 15 is 0 Å². The molecule has 2 aromatic carbocycles. The summed E-state index contributed by atoms with van der Waals surface area (Å²) in [5.74, 6) is 0. The van der Waals surface area contributed by atoms with Gasteiger partial charge in [-0.2, -0.15) is 0 Å². The molecule has 0 radical (unpaired) electrons. The molecular formula is C15H19N. The molecule has 0 saturated carbocycles. The van der Waals surface area contributed by atoms with Gasteiger partial charge in [0.2, 0.25) is 0 Å². The predicted molar refractivity (Wildman–Crippen MR) is 70.4 cm³/mol. The summed E-state index contributed by atoms with van der Waals surface area (Å²) in [5.41, 5.74) is 2.66. The molecule has 1 N–H and O–H groups in total. The molecule has 2 aromatic rings. The second kappa shape index (κ2) is 7.66. The predicted octanol–water partition coefficient (Wildman–Crippen LogP) is 3.40. The molecule has 84 valence electrons. The highest BCUT2D eigenvalue weighted by atomic mass is 14.8. The van der Waals surface area contributed by atoms with E-state index in [-0.39, 0.29) is 0 Å². The molecule has 0 fully saturated rings. The smallest absolute Gasteiger partial charge is 0.0202 e. The third-order valence-electron chi connectivity index (χ3n) is 2.16. The van der Waals surface area contributed by atoms with Crippen LogP contribution in [0.2, 0.25) is 0 Å². The summed E-state index contributed by atoms with van der Waals surface area (Å²) in [7, 11) is 1.95. The van der Waals surface area contributed by atoms with Crippen LogP contribution in [-0.4, -0.2) is 7.05 Å². The van der Waals surface area contributed by atoms with Crippen molar-refractivity contribution in [3.63, 3.8) is 0 Å². The van der Waals surface area contributed by atoms with Gasteiger partial charge in [-0.15, -0.1) is 0 Å². The van der Waals surface area contributed by atoms with E-state index in [1.165, 1.54) is 11.1 Å². The van der Waals surface area contributed by atoms with Crippen LogP contribution >= 0.6 is 0 Å². The zero-order valence-corrected chi connectivity index (χ0v) is 9.98. The van der Waals surface area contributed by atoms with Crippen LogP contribution in [0.4, 0.5) is 0 Å². The second-order valence-corrected chi connectivity index (χ2v) is 3.67. The molecule has 0 atom stereocenters. The first kappa shape index (κ1) is 12.5. The summed E-state index contributed by atoms with van der Waals surface area (Å²) >= 11 is 0. The van der Waals surface area contributed by atoms with Crippen LogP contribution in [0.25, 0.3) is 0 Å². The van der Waals surface area contributed by atoms with E-state index in [4.69, 9.17) is 0 Å². The SMILES string of the molecule is CNCc1ccccc1.Cc1ccccc1. The molecule has 0 saturated heterocycles. The fourth-order valence-corrected chi connectivity index (χ4v) is 1.33. The lowest BCUT2D eigenvalue weighted by atomic mass is 10.2. The fraction of sp³-hybridized carbons (Fsp3) is 0.200. The van der Waals surface area contributed by atoms with Gasteiger partial charge in [-0.05, 0) is 19.5 Å². The molecule has 16 heavy (non-hydrogen) atoms. The summed E-state index contributed by atoms with van der Waals surface area (Å²) in [6.45, 7) is 3.04. The van der Waals surface area contributed by atoms with E-state index in [2.05, 4.69) is 36.5 Å². The van der Waals surface area contributed by atoms with Crippen molar-refractivity contribution in [2.75, 3.05) is 7.05 Å². The molecule has 0 heterocycles. The van der Waals surface area contributed by atoms with Crippen molar-refractivity contribution in [2.24, 2.45) is 0 Å². The molecule has 0 aliphatic rings. The number of nitrogens with one attached hydrogen (secondary N) is 1. The van der Waals surface area contributed by atoms with Crippen LogP contribution in [0.5, 0.6) is 0 Å². The molecule has 1 nitrogen and oxygen atoms in total. The van der Waals surface area contributed by atoms with Gasteiger partial charge in [0.25, 0.3) is 0 Å². The van der Waals surface area contributed by atoms with Gasteiger partial charge in [0, 0.05) is 6.54 Å². The molecule has 0 amide bonds. The maximum atomic E-state index is 3.08. The summed E-state index contributed by atoms with van der Waals surface area (Å²) in [4.78, 5) is 0. The molecular weight excluding hydrogens is 194 g/mol. The monoisotopic (exact) mass is 213 g/mol. The first-order chi connectivity index (χ1) is 7.83. The molecule has 0 aliphatic carbocycles. The summed E-state index contributed by atoms with van der Waals surface area (Å²) in [6, 6.07) is 20.6. The molecule has 0 bridgehead atoms. The minimum Gasteiger partial charge on any atom is -0.316 e. The maximum Gasteiger partial charge on any atom is 0.0202 e. The summed E-state index contributed by atoms with van der Waals surface area (Å²) in [6.07, 6.45) is 0. The lowest BCUT2D eigenvalue weighted by Gasteiger charge is -1.95. The van der Waals surface area contributed by atoms with Crippen LogP contribution < -0.4 is 5.32 Å². The van der Waals surface area contributed by atoms with Crippen molar-refractivity contribution >= 4 is 0 Å². The minimum absolute atomic E-state index is 0.959. The third kappa shape index (κ3) is 5.32. The Hall–Kier alpha value is -1.60. The van der Waals surface area contributed by atoms with Crippen LogP contribution in [0.3, 0.4) is 0 Å².